The van der Waals surface area contributed by atoms with Gasteiger partial charge in [-0.15, -0.1) is 0 Å². The van der Waals surface area contributed by atoms with Crippen LogP contribution >= 0.6 is 0 Å². The summed E-state index contributed by atoms with van der Waals surface area (Å²) in [4.78, 5) is 137. The molecule has 436 valence electrons. The van der Waals surface area contributed by atoms with E-state index in [1.807, 2.05) is 34.6 Å². The second-order valence-corrected chi connectivity index (χ2v) is 23.3. The van der Waals surface area contributed by atoms with Crippen LogP contribution in [-0.2, 0) is 47.9 Å². The largest absolute Gasteiger partial charge is 0.481 e. The minimum atomic E-state index is -1.63. The first-order valence-corrected chi connectivity index (χ1v) is 28.5. The fourth-order valence-corrected chi connectivity index (χ4v) is 8.93. The minimum Gasteiger partial charge on any atom is -0.481 e. The number of carbonyl (C=O) groups is 10. The predicted octanol–water partition coefficient (Wildman–Crippen LogP) is 5.59. The van der Waals surface area contributed by atoms with E-state index in [1.165, 1.54) is 41.5 Å². The Morgan fingerprint density at radius 3 is 1.42 bits per heavy atom. The van der Waals surface area contributed by atoms with E-state index in [1.54, 1.807) is 4.90 Å². The smallest absolute Gasteiger partial charge is 0.305 e. The molecule has 9 amide bonds. The summed E-state index contributed by atoms with van der Waals surface area (Å²) < 4.78 is 0. The molecule has 1 aliphatic rings. The molecular formula is C56H101N9O11. The quantitative estimate of drug-likeness (QED) is 0.0344. The lowest BCUT2D eigenvalue weighted by Gasteiger charge is -2.34. The molecule has 0 aromatic heterocycles. The molecule has 1 heterocycles. The summed E-state index contributed by atoms with van der Waals surface area (Å²) in [5.74, 6) is -6.30. The molecule has 1 aliphatic heterocycles. The highest BCUT2D eigenvalue weighted by Gasteiger charge is 2.42. The molecule has 20 nitrogen and oxygen atoms in total. The van der Waals surface area contributed by atoms with Crippen LogP contribution in [0.1, 0.15) is 225 Å². The van der Waals surface area contributed by atoms with Gasteiger partial charge in [0.1, 0.15) is 46.8 Å². The summed E-state index contributed by atoms with van der Waals surface area (Å²) in [5.41, 5.74) is -4.80. The number of carbonyl (C=O) groups excluding carboxylic acids is 9. The Morgan fingerprint density at radius 1 is 0.500 bits per heavy atom. The molecular weight excluding hydrogens is 975 g/mol. The molecule has 1 rings (SSSR count). The van der Waals surface area contributed by atoms with Crippen LogP contribution in [0.2, 0.25) is 0 Å². The van der Waals surface area contributed by atoms with Gasteiger partial charge in [-0.05, 0) is 98.3 Å². The molecule has 5 atom stereocenters. The maximum absolute atomic E-state index is 14.3. The Hall–Kier alpha value is -5.30. The van der Waals surface area contributed by atoms with Crippen molar-refractivity contribution in [2.24, 2.45) is 11.8 Å². The molecule has 0 unspecified atom stereocenters. The maximum atomic E-state index is 14.3. The van der Waals surface area contributed by atoms with E-state index in [4.69, 9.17) is 5.11 Å². The summed E-state index contributed by atoms with van der Waals surface area (Å²) in [6.07, 6.45) is 13.8. The number of nitrogens with zero attached hydrogens (tertiary/aromatic N) is 1. The van der Waals surface area contributed by atoms with Crippen molar-refractivity contribution in [1.82, 2.24) is 47.4 Å². The van der Waals surface area contributed by atoms with Gasteiger partial charge in [0.2, 0.25) is 53.2 Å². The van der Waals surface area contributed by atoms with Gasteiger partial charge in [0.05, 0.1) is 6.42 Å². The Kier molecular flexibility index (Phi) is 31.2. The molecule has 0 spiro atoms. The lowest BCUT2D eigenvalue weighted by molar-refractivity contribution is -0.141. The number of hydrogen-bond acceptors (Lipinski definition) is 10. The Morgan fingerprint density at radius 2 is 0.934 bits per heavy atom. The van der Waals surface area contributed by atoms with E-state index in [0.717, 1.165) is 64.2 Å². The van der Waals surface area contributed by atoms with E-state index in [9.17, 15) is 47.9 Å². The highest BCUT2D eigenvalue weighted by Crippen LogP contribution is 2.21. The summed E-state index contributed by atoms with van der Waals surface area (Å²) >= 11 is 0. The molecule has 0 aromatic rings. The van der Waals surface area contributed by atoms with E-state index in [2.05, 4.69) is 56.4 Å². The first kappa shape index (κ1) is 68.7. The van der Waals surface area contributed by atoms with Gasteiger partial charge in [0, 0.05) is 19.5 Å². The summed E-state index contributed by atoms with van der Waals surface area (Å²) in [6.45, 7) is 22.8. The third kappa shape index (κ3) is 25.7. The molecule has 0 aliphatic carbocycles. The van der Waals surface area contributed by atoms with E-state index in [0.29, 0.717) is 51.5 Å². The highest BCUT2D eigenvalue weighted by molar-refractivity contribution is 6.00. The van der Waals surface area contributed by atoms with Gasteiger partial charge in [-0.1, -0.05) is 126 Å². The number of nitrogens with one attached hydrogen (secondary N) is 8. The summed E-state index contributed by atoms with van der Waals surface area (Å²) in [5, 5.41) is 31.1. The van der Waals surface area contributed by atoms with Crippen LogP contribution in [0.5, 0.6) is 0 Å². The number of unbranched alkanes of at least 4 members (excludes halogenated alkanes) is 10. The first-order chi connectivity index (χ1) is 35.5. The van der Waals surface area contributed by atoms with Crippen LogP contribution in [0, 0.1) is 11.8 Å². The number of rotatable bonds is 38. The number of likely N-dealkylation sites (tertiary alicyclic amines) is 1. The Bertz CT molecular complexity index is 1900. The van der Waals surface area contributed by atoms with E-state index in [-0.39, 0.29) is 50.0 Å². The second kappa shape index (κ2) is 34.5. The van der Waals surface area contributed by atoms with Crippen LogP contribution in [0.15, 0.2) is 0 Å². The summed E-state index contributed by atoms with van der Waals surface area (Å²) in [6, 6.07) is -4.99. The predicted molar refractivity (Wildman–Crippen MR) is 294 cm³/mol. The van der Waals surface area contributed by atoms with Crippen molar-refractivity contribution < 1.29 is 53.1 Å². The topological polar surface area (TPSA) is 290 Å². The van der Waals surface area contributed by atoms with Gasteiger partial charge in [-0.2, -0.15) is 0 Å². The van der Waals surface area contributed by atoms with E-state index >= 15 is 0 Å². The van der Waals surface area contributed by atoms with Gasteiger partial charge in [-0.3, -0.25) is 47.9 Å². The van der Waals surface area contributed by atoms with Crippen molar-refractivity contribution in [1.29, 1.82) is 0 Å². The number of hydrogen-bond donors (Lipinski definition) is 9. The zero-order valence-corrected chi connectivity index (χ0v) is 48.8. The van der Waals surface area contributed by atoms with Crippen LogP contribution in [-0.4, -0.2) is 129 Å². The molecule has 1 fully saturated rings. The molecule has 76 heavy (non-hydrogen) atoms. The van der Waals surface area contributed by atoms with Crippen molar-refractivity contribution in [3.8, 4) is 0 Å². The Balaban J connectivity index is 3.33. The van der Waals surface area contributed by atoms with Gasteiger partial charge in [0.15, 0.2) is 0 Å². The van der Waals surface area contributed by atoms with Crippen molar-refractivity contribution >= 4 is 59.1 Å². The molecule has 1 saturated heterocycles. The number of aliphatic carboxylic acids is 1. The van der Waals surface area contributed by atoms with Crippen LogP contribution in [0.25, 0.3) is 0 Å². The summed E-state index contributed by atoms with van der Waals surface area (Å²) in [7, 11) is 0. The van der Waals surface area contributed by atoms with Crippen LogP contribution in [0.4, 0.5) is 0 Å². The monoisotopic (exact) mass is 1080 g/mol. The Labute approximate surface area is 454 Å². The van der Waals surface area contributed by atoms with Gasteiger partial charge in [0.25, 0.3) is 0 Å². The molecule has 0 aromatic carbocycles. The fraction of sp³-hybridized carbons (Fsp3) is 0.821. The first-order valence-electron chi connectivity index (χ1n) is 28.5. The van der Waals surface area contributed by atoms with E-state index < -0.39 is 100 Å². The van der Waals surface area contributed by atoms with Crippen molar-refractivity contribution in [3.63, 3.8) is 0 Å². The zero-order valence-electron chi connectivity index (χ0n) is 48.8. The third-order valence-electron chi connectivity index (χ3n) is 13.6. The lowest BCUT2D eigenvalue weighted by atomic mass is 9.96. The van der Waals surface area contributed by atoms with Crippen molar-refractivity contribution in [3.05, 3.63) is 0 Å². The van der Waals surface area contributed by atoms with Gasteiger partial charge in [-0.25, -0.2) is 0 Å². The van der Waals surface area contributed by atoms with Crippen molar-refractivity contribution in [2.75, 3.05) is 13.1 Å². The molecule has 9 N–H and O–H groups in total. The molecule has 0 saturated carbocycles. The zero-order chi connectivity index (χ0) is 57.8. The van der Waals surface area contributed by atoms with Crippen molar-refractivity contribution in [2.45, 2.75) is 272 Å². The average molecular weight is 1080 g/mol. The van der Waals surface area contributed by atoms with Crippen LogP contribution < -0.4 is 42.5 Å². The number of carboxylic acid groups (broad SMARTS) is 1. The van der Waals surface area contributed by atoms with Gasteiger partial charge < -0.3 is 52.5 Å². The lowest BCUT2D eigenvalue weighted by Crippen LogP contribution is -2.66. The SMILES string of the molecule is CCCCCCCC[C@H](NC(=O)[C@@H]1CCCN1C(=O)CCC)C(=O)NC(C)(C)C(=O)NC(C)(C)C(=O)N[C@@H](CCCCCCCC)C(=O)N[C@@H](CC(C)C)C(=O)NC(C)(C)C(=O)N[C@@H](CC(C)C)C(=O)NCCC(=O)O. The van der Waals surface area contributed by atoms with Crippen LogP contribution in [0.3, 0.4) is 0 Å². The van der Waals surface area contributed by atoms with Gasteiger partial charge >= 0.3 is 5.97 Å². The normalized spacial score (nSPS) is 15.5. The minimum absolute atomic E-state index is 0.0244. The fourth-order valence-electron chi connectivity index (χ4n) is 8.93. The molecule has 0 bridgehead atoms. The second-order valence-electron chi connectivity index (χ2n) is 23.3. The number of amides is 9. The number of carboxylic acids is 1. The standard InChI is InChI=1S/C56H101N9O11/c1-14-17-19-21-23-25-29-39(47(70)59-42(36-38(6)7)49(72)63-54(8,9)51(74)61-41(35-37(4)5)46(69)57-33-32-45(67)68)60-52(75)55(10,11)64-53(76)56(12,13)62-48(71)40(30-26-24-22-20-18-15-2)58-50(73)43-31-27-34-65(43)44(66)28-16-3/h37-43H,14-36H2,1-13H3,(H,57,69)(H,58,73)(H,59,70)(H,60,75)(H,61,74)(H,62,71)(H,63,72)(H,64,76)(H,67,68)/t39-,40-,41-,42-,43-/m0/s1. The molecule has 0 radical (unpaired) electrons. The third-order valence-corrected chi connectivity index (χ3v) is 13.6. The average Bonchev–Trinajstić information content (AvgIpc) is 3.82. The maximum Gasteiger partial charge on any atom is 0.305 e. The molecule has 20 heteroatoms. The highest BCUT2D eigenvalue weighted by atomic mass is 16.4.